The number of nitrogens with zero attached hydrogens (tertiary/aromatic N) is 1. The molecule has 1 N–H and O–H groups in total. The highest BCUT2D eigenvalue weighted by Gasteiger charge is 2.31. The average molecular weight is 276 g/mol. The summed E-state index contributed by atoms with van der Waals surface area (Å²) in [5, 5.41) is 2.87. The molecular weight excluding hydrogens is 256 g/mol. The Labute approximate surface area is 118 Å². The topological polar surface area (TPSA) is 68.3 Å². The molecule has 1 amide bonds. The molecule has 5 heteroatoms. The number of ether oxygens (including phenoxy) is 1. The Morgan fingerprint density at radius 2 is 2.15 bits per heavy atom. The molecule has 0 radical (unpaired) electrons. The molecule has 1 heterocycles. The lowest BCUT2D eigenvalue weighted by Crippen LogP contribution is -2.37. The number of nitrogens with one attached hydrogen (secondary N) is 1. The highest BCUT2D eigenvalue weighted by Crippen LogP contribution is 2.30. The predicted octanol–water partition coefficient (Wildman–Crippen LogP) is 1.79. The zero-order valence-electron chi connectivity index (χ0n) is 11.7. The van der Waals surface area contributed by atoms with Gasteiger partial charge in [-0.05, 0) is 30.9 Å². The molecule has 1 aromatic rings. The Morgan fingerprint density at radius 1 is 1.35 bits per heavy atom. The second kappa shape index (κ2) is 7.03. The van der Waals surface area contributed by atoms with Gasteiger partial charge in [0.25, 0.3) is 5.91 Å². The number of hydrogen-bond donors (Lipinski definition) is 1. The van der Waals surface area contributed by atoms with Gasteiger partial charge in [-0.15, -0.1) is 0 Å². The van der Waals surface area contributed by atoms with E-state index < -0.39 is 0 Å². The van der Waals surface area contributed by atoms with Crippen LogP contribution >= 0.6 is 0 Å². The fourth-order valence-electron chi connectivity index (χ4n) is 2.73. The third-order valence-corrected chi connectivity index (χ3v) is 3.84. The molecule has 1 aliphatic carbocycles. The van der Waals surface area contributed by atoms with E-state index in [0.717, 1.165) is 25.7 Å². The maximum atomic E-state index is 11.9. The van der Waals surface area contributed by atoms with Crippen LogP contribution in [0.3, 0.4) is 0 Å². The molecule has 0 bridgehead atoms. The first-order valence-corrected chi connectivity index (χ1v) is 6.99. The fraction of sp³-hybridized carbons (Fsp3) is 0.533. The molecule has 20 heavy (non-hydrogen) atoms. The van der Waals surface area contributed by atoms with Crippen LogP contribution in [-0.4, -0.2) is 30.5 Å². The van der Waals surface area contributed by atoms with Crippen molar-refractivity contribution in [2.75, 3.05) is 13.7 Å². The van der Waals surface area contributed by atoms with Crippen LogP contribution in [0.15, 0.2) is 24.4 Å². The molecule has 0 saturated heterocycles. The number of methoxy groups -OCH3 is 1. The molecule has 1 fully saturated rings. The van der Waals surface area contributed by atoms with Crippen molar-refractivity contribution < 1.29 is 14.3 Å². The highest BCUT2D eigenvalue weighted by atomic mass is 16.5. The minimum absolute atomic E-state index is 0.0993. The first-order valence-electron chi connectivity index (χ1n) is 6.99. The summed E-state index contributed by atoms with van der Waals surface area (Å²) in [6.45, 7) is 0.495. The Morgan fingerprint density at radius 3 is 2.85 bits per heavy atom. The van der Waals surface area contributed by atoms with Crippen molar-refractivity contribution in [1.82, 2.24) is 10.3 Å². The van der Waals surface area contributed by atoms with E-state index in [1.165, 1.54) is 7.11 Å². The van der Waals surface area contributed by atoms with Gasteiger partial charge in [0.2, 0.25) is 0 Å². The molecule has 0 spiro atoms. The largest absolute Gasteiger partial charge is 0.469 e. The zero-order valence-corrected chi connectivity index (χ0v) is 11.7. The highest BCUT2D eigenvalue weighted by molar-refractivity contribution is 5.92. The van der Waals surface area contributed by atoms with Gasteiger partial charge in [0.1, 0.15) is 5.69 Å². The third-order valence-electron chi connectivity index (χ3n) is 3.84. The fourth-order valence-corrected chi connectivity index (χ4v) is 2.73. The summed E-state index contributed by atoms with van der Waals surface area (Å²) in [6.07, 6.45) is 5.52. The van der Waals surface area contributed by atoms with Crippen molar-refractivity contribution >= 4 is 11.9 Å². The Kier molecular flexibility index (Phi) is 5.09. The van der Waals surface area contributed by atoms with Gasteiger partial charge in [0.15, 0.2) is 0 Å². The lowest BCUT2D eigenvalue weighted by atomic mass is 9.79. The van der Waals surface area contributed by atoms with Crippen molar-refractivity contribution in [3.05, 3.63) is 30.1 Å². The van der Waals surface area contributed by atoms with Gasteiger partial charge in [0.05, 0.1) is 13.0 Å². The van der Waals surface area contributed by atoms with Crippen LogP contribution in [0.4, 0.5) is 0 Å². The average Bonchev–Trinajstić information content (AvgIpc) is 2.53. The van der Waals surface area contributed by atoms with E-state index in [9.17, 15) is 9.59 Å². The minimum atomic E-state index is -0.195. The lowest BCUT2D eigenvalue weighted by Gasteiger charge is -2.29. The Balaban J connectivity index is 1.91. The van der Waals surface area contributed by atoms with Crippen LogP contribution in [0.25, 0.3) is 0 Å². The van der Waals surface area contributed by atoms with E-state index in [1.807, 2.05) is 0 Å². The normalized spacial score (nSPS) is 22.1. The van der Waals surface area contributed by atoms with Crippen LogP contribution in [0.1, 0.15) is 36.2 Å². The van der Waals surface area contributed by atoms with Gasteiger partial charge < -0.3 is 10.1 Å². The standard InChI is InChI=1S/C15H20N2O3/c1-20-15(19)12-7-3-2-6-11(12)10-17-14(18)13-8-4-5-9-16-13/h4-5,8-9,11-12H,2-3,6-7,10H2,1H3,(H,17,18). The van der Waals surface area contributed by atoms with Crippen molar-refractivity contribution in [3.63, 3.8) is 0 Å². The monoisotopic (exact) mass is 276 g/mol. The number of rotatable bonds is 4. The first kappa shape index (κ1) is 14.5. The molecule has 1 aliphatic rings. The van der Waals surface area contributed by atoms with E-state index in [4.69, 9.17) is 4.74 Å². The van der Waals surface area contributed by atoms with Crippen LogP contribution in [0.5, 0.6) is 0 Å². The van der Waals surface area contributed by atoms with E-state index in [2.05, 4.69) is 10.3 Å². The molecule has 108 valence electrons. The van der Waals surface area contributed by atoms with Crippen LogP contribution in [-0.2, 0) is 9.53 Å². The summed E-state index contributed by atoms with van der Waals surface area (Å²) in [6, 6.07) is 5.22. The quantitative estimate of drug-likeness (QED) is 0.851. The second-order valence-electron chi connectivity index (χ2n) is 5.10. The maximum absolute atomic E-state index is 11.9. The van der Waals surface area contributed by atoms with Crippen LogP contribution in [0.2, 0.25) is 0 Å². The Hall–Kier alpha value is -1.91. The maximum Gasteiger partial charge on any atom is 0.309 e. The van der Waals surface area contributed by atoms with Crippen molar-refractivity contribution in [3.8, 4) is 0 Å². The summed E-state index contributed by atoms with van der Waals surface area (Å²) in [4.78, 5) is 27.7. The molecule has 1 aromatic heterocycles. The Bertz CT molecular complexity index is 461. The smallest absolute Gasteiger partial charge is 0.309 e. The number of amides is 1. The SMILES string of the molecule is COC(=O)C1CCCCC1CNC(=O)c1ccccn1. The molecule has 2 rings (SSSR count). The molecule has 5 nitrogen and oxygen atoms in total. The molecular formula is C15H20N2O3. The number of pyridine rings is 1. The molecule has 2 atom stereocenters. The minimum Gasteiger partial charge on any atom is -0.469 e. The summed E-state index contributed by atoms with van der Waals surface area (Å²) in [5.41, 5.74) is 0.401. The number of hydrogen-bond acceptors (Lipinski definition) is 4. The van der Waals surface area contributed by atoms with Crippen molar-refractivity contribution in [1.29, 1.82) is 0 Å². The van der Waals surface area contributed by atoms with E-state index in [0.29, 0.717) is 12.2 Å². The number of esters is 1. The van der Waals surface area contributed by atoms with Gasteiger partial charge >= 0.3 is 5.97 Å². The van der Waals surface area contributed by atoms with Crippen LogP contribution < -0.4 is 5.32 Å². The van der Waals surface area contributed by atoms with Gasteiger partial charge in [-0.3, -0.25) is 14.6 Å². The van der Waals surface area contributed by atoms with E-state index in [-0.39, 0.29) is 23.7 Å². The summed E-state index contributed by atoms with van der Waals surface area (Å²) >= 11 is 0. The summed E-state index contributed by atoms with van der Waals surface area (Å²) in [5.74, 6) is -0.303. The molecule has 0 aliphatic heterocycles. The van der Waals surface area contributed by atoms with Gasteiger partial charge in [-0.1, -0.05) is 18.9 Å². The molecule has 0 aromatic carbocycles. The van der Waals surface area contributed by atoms with E-state index in [1.54, 1.807) is 24.4 Å². The molecule has 1 saturated carbocycles. The van der Waals surface area contributed by atoms with Crippen molar-refractivity contribution in [2.45, 2.75) is 25.7 Å². The first-order chi connectivity index (χ1) is 9.72. The summed E-state index contributed by atoms with van der Waals surface area (Å²) < 4.78 is 4.85. The summed E-state index contributed by atoms with van der Waals surface area (Å²) in [7, 11) is 1.42. The number of carbonyl (C=O) groups is 2. The van der Waals surface area contributed by atoms with Gasteiger partial charge in [0, 0.05) is 12.7 Å². The number of carbonyl (C=O) groups excluding carboxylic acids is 2. The van der Waals surface area contributed by atoms with E-state index >= 15 is 0 Å². The van der Waals surface area contributed by atoms with Gasteiger partial charge in [-0.25, -0.2) is 0 Å². The van der Waals surface area contributed by atoms with Crippen LogP contribution in [0, 0.1) is 11.8 Å². The predicted molar refractivity (Wildman–Crippen MR) is 74.0 cm³/mol. The third kappa shape index (κ3) is 3.56. The number of aromatic nitrogens is 1. The zero-order chi connectivity index (χ0) is 14.4. The molecule has 2 unspecified atom stereocenters. The lowest BCUT2D eigenvalue weighted by molar-refractivity contribution is -0.148. The second-order valence-corrected chi connectivity index (χ2v) is 5.10. The van der Waals surface area contributed by atoms with Crippen molar-refractivity contribution in [2.24, 2.45) is 11.8 Å². The van der Waals surface area contributed by atoms with Gasteiger partial charge in [-0.2, -0.15) is 0 Å².